The van der Waals surface area contributed by atoms with Crippen LogP contribution in [0.4, 0.5) is 17.1 Å². The van der Waals surface area contributed by atoms with Crippen LogP contribution in [0.15, 0.2) is 42.5 Å². The van der Waals surface area contributed by atoms with Gasteiger partial charge in [-0.1, -0.05) is 24.6 Å². The molecule has 29 heavy (non-hydrogen) atoms. The Balaban J connectivity index is 1.62. The number of non-ortho nitro benzene ring substituents is 1. The molecule has 0 saturated carbocycles. The second kappa shape index (κ2) is 9.19. The molecule has 152 valence electrons. The van der Waals surface area contributed by atoms with Crippen LogP contribution in [0.25, 0.3) is 0 Å². The van der Waals surface area contributed by atoms with Gasteiger partial charge in [-0.15, -0.1) is 0 Å². The Morgan fingerprint density at radius 3 is 2.62 bits per heavy atom. The fourth-order valence-corrected chi connectivity index (χ4v) is 3.70. The number of carbonyl (C=O) groups is 1. The Kier molecular flexibility index (Phi) is 6.66. The highest BCUT2D eigenvalue weighted by atomic mass is 35.5. The lowest BCUT2D eigenvalue weighted by Crippen LogP contribution is -2.34. The zero-order chi connectivity index (χ0) is 21.0. The quantitative estimate of drug-likeness (QED) is 0.416. The van der Waals surface area contributed by atoms with Crippen molar-refractivity contribution >= 4 is 51.9 Å². The predicted octanol–water partition coefficient (Wildman–Crippen LogP) is 4.61. The third-order valence-electron chi connectivity index (χ3n) is 4.88. The first-order valence-corrected chi connectivity index (χ1v) is 10.0. The molecule has 1 amide bonds. The topological polar surface area (TPSA) is 87.5 Å². The average molecular weight is 433 g/mol. The van der Waals surface area contributed by atoms with Gasteiger partial charge >= 0.3 is 0 Å². The maximum Gasteiger partial charge on any atom is 0.270 e. The highest BCUT2D eigenvalue weighted by molar-refractivity contribution is 7.80. The Hall–Kier alpha value is -2.71. The van der Waals surface area contributed by atoms with Gasteiger partial charge in [0.2, 0.25) is 0 Å². The van der Waals surface area contributed by atoms with E-state index in [1.54, 1.807) is 6.07 Å². The maximum absolute atomic E-state index is 12.3. The molecule has 0 atom stereocenters. The summed E-state index contributed by atoms with van der Waals surface area (Å²) in [6, 6.07) is 11.0. The van der Waals surface area contributed by atoms with E-state index in [0.717, 1.165) is 37.5 Å². The summed E-state index contributed by atoms with van der Waals surface area (Å²) in [5.74, 6) is 0.203. The molecule has 2 aromatic rings. The summed E-state index contributed by atoms with van der Waals surface area (Å²) in [7, 11) is 0. The number of hydrogen-bond acceptors (Lipinski definition) is 5. The molecular weight excluding hydrogens is 412 g/mol. The molecule has 9 heteroatoms. The molecule has 2 N–H and O–H groups in total. The number of piperidine rings is 1. The summed E-state index contributed by atoms with van der Waals surface area (Å²) in [5, 5.41) is 17.0. The minimum Gasteiger partial charge on any atom is -0.370 e. The average Bonchev–Trinajstić information content (AvgIpc) is 2.69. The number of benzene rings is 2. The van der Waals surface area contributed by atoms with Gasteiger partial charge in [0.25, 0.3) is 11.6 Å². The van der Waals surface area contributed by atoms with Crippen molar-refractivity contribution in [2.75, 3.05) is 23.3 Å². The fraction of sp³-hybridized carbons (Fsp3) is 0.300. The standard InChI is InChI=1S/C20H21ClN4O3S/c1-13-7-9-24(10-8-13)18-6-5-15(12-17(18)21)22-20(29)23-19(26)14-3-2-4-16(11-14)25(27)28/h2-6,11-13H,7-10H2,1H3,(H2,22,23,26,29). The Morgan fingerprint density at radius 2 is 1.97 bits per heavy atom. The van der Waals surface area contributed by atoms with Crippen molar-refractivity contribution in [3.63, 3.8) is 0 Å². The van der Waals surface area contributed by atoms with Gasteiger partial charge in [-0.2, -0.15) is 0 Å². The lowest BCUT2D eigenvalue weighted by molar-refractivity contribution is -0.384. The van der Waals surface area contributed by atoms with E-state index < -0.39 is 10.8 Å². The summed E-state index contributed by atoms with van der Waals surface area (Å²) in [6.07, 6.45) is 2.29. The van der Waals surface area contributed by atoms with E-state index in [4.69, 9.17) is 23.8 Å². The van der Waals surface area contributed by atoms with Gasteiger partial charge in [-0.3, -0.25) is 20.2 Å². The first kappa shape index (κ1) is 21.0. The molecule has 0 aliphatic carbocycles. The van der Waals surface area contributed by atoms with Crippen molar-refractivity contribution in [1.29, 1.82) is 0 Å². The van der Waals surface area contributed by atoms with E-state index in [1.165, 1.54) is 24.3 Å². The normalized spacial score (nSPS) is 14.3. The fourth-order valence-electron chi connectivity index (χ4n) is 3.19. The largest absolute Gasteiger partial charge is 0.370 e. The molecule has 1 aliphatic rings. The van der Waals surface area contributed by atoms with Gasteiger partial charge in [-0.05, 0) is 55.2 Å². The smallest absolute Gasteiger partial charge is 0.270 e. The van der Waals surface area contributed by atoms with Crippen molar-refractivity contribution < 1.29 is 9.72 Å². The van der Waals surface area contributed by atoms with E-state index in [2.05, 4.69) is 22.5 Å². The molecule has 3 rings (SSSR count). The number of nitrogens with one attached hydrogen (secondary N) is 2. The summed E-state index contributed by atoms with van der Waals surface area (Å²) in [4.78, 5) is 24.8. The number of nitrogens with zero attached hydrogens (tertiary/aromatic N) is 2. The summed E-state index contributed by atoms with van der Waals surface area (Å²) < 4.78 is 0. The van der Waals surface area contributed by atoms with Crippen LogP contribution < -0.4 is 15.5 Å². The third kappa shape index (κ3) is 5.42. The van der Waals surface area contributed by atoms with Crippen LogP contribution in [0.1, 0.15) is 30.1 Å². The Morgan fingerprint density at radius 1 is 1.24 bits per heavy atom. The molecule has 1 aliphatic heterocycles. The minimum absolute atomic E-state index is 0.0807. The molecule has 1 heterocycles. The lowest BCUT2D eigenvalue weighted by atomic mass is 9.99. The monoisotopic (exact) mass is 432 g/mol. The van der Waals surface area contributed by atoms with Gasteiger partial charge in [0.15, 0.2) is 5.11 Å². The van der Waals surface area contributed by atoms with Gasteiger partial charge in [0.05, 0.1) is 15.6 Å². The minimum atomic E-state index is -0.556. The van der Waals surface area contributed by atoms with Gasteiger partial charge in [0, 0.05) is 36.5 Å². The van der Waals surface area contributed by atoms with E-state index in [0.29, 0.717) is 10.7 Å². The maximum atomic E-state index is 12.3. The highest BCUT2D eigenvalue weighted by Gasteiger charge is 2.18. The molecule has 0 bridgehead atoms. The van der Waals surface area contributed by atoms with Crippen molar-refractivity contribution in [1.82, 2.24) is 5.32 Å². The Labute approximate surface area is 179 Å². The van der Waals surface area contributed by atoms with Crippen molar-refractivity contribution in [3.8, 4) is 0 Å². The zero-order valence-electron chi connectivity index (χ0n) is 15.9. The van der Waals surface area contributed by atoms with Crippen LogP contribution >= 0.6 is 23.8 Å². The lowest BCUT2D eigenvalue weighted by Gasteiger charge is -2.32. The van der Waals surface area contributed by atoms with Crippen molar-refractivity contribution in [2.24, 2.45) is 5.92 Å². The number of rotatable bonds is 4. The van der Waals surface area contributed by atoms with Crippen LogP contribution in [0.3, 0.4) is 0 Å². The molecule has 2 aromatic carbocycles. The van der Waals surface area contributed by atoms with Gasteiger partial charge in [0.1, 0.15) is 0 Å². The van der Waals surface area contributed by atoms with Crippen LogP contribution in [-0.2, 0) is 0 Å². The molecule has 1 fully saturated rings. The number of hydrogen-bond donors (Lipinski definition) is 2. The van der Waals surface area contributed by atoms with Crippen LogP contribution in [0, 0.1) is 16.0 Å². The van der Waals surface area contributed by atoms with Crippen molar-refractivity contribution in [3.05, 3.63) is 63.2 Å². The first-order valence-electron chi connectivity index (χ1n) is 9.25. The van der Waals surface area contributed by atoms with Crippen LogP contribution in [0.5, 0.6) is 0 Å². The van der Waals surface area contributed by atoms with E-state index in [1.807, 2.05) is 12.1 Å². The van der Waals surface area contributed by atoms with E-state index >= 15 is 0 Å². The number of amides is 1. The van der Waals surface area contributed by atoms with E-state index in [-0.39, 0.29) is 16.4 Å². The first-order chi connectivity index (χ1) is 13.8. The van der Waals surface area contributed by atoms with E-state index in [9.17, 15) is 14.9 Å². The number of nitro benzene ring substituents is 1. The number of thiocarbonyl (C=S) groups is 1. The number of halogens is 1. The predicted molar refractivity (Wildman–Crippen MR) is 119 cm³/mol. The highest BCUT2D eigenvalue weighted by Crippen LogP contribution is 2.31. The molecule has 0 spiro atoms. The summed E-state index contributed by atoms with van der Waals surface area (Å²) in [5.41, 5.74) is 1.62. The molecule has 0 aromatic heterocycles. The molecule has 0 radical (unpaired) electrons. The van der Waals surface area contributed by atoms with Gasteiger partial charge in [-0.25, -0.2) is 0 Å². The number of nitro groups is 1. The zero-order valence-corrected chi connectivity index (χ0v) is 17.4. The third-order valence-corrected chi connectivity index (χ3v) is 5.38. The van der Waals surface area contributed by atoms with Gasteiger partial charge < -0.3 is 10.2 Å². The number of carbonyl (C=O) groups excluding carboxylic acids is 1. The van der Waals surface area contributed by atoms with Crippen LogP contribution in [-0.4, -0.2) is 29.0 Å². The Bertz CT molecular complexity index is 945. The second-order valence-corrected chi connectivity index (χ2v) is 7.87. The molecule has 7 nitrogen and oxygen atoms in total. The van der Waals surface area contributed by atoms with Crippen LogP contribution in [0.2, 0.25) is 5.02 Å². The summed E-state index contributed by atoms with van der Waals surface area (Å²) >= 11 is 11.6. The number of anilines is 2. The van der Waals surface area contributed by atoms with Crippen molar-refractivity contribution in [2.45, 2.75) is 19.8 Å². The second-order valence-electron chi connectivity index (χ2n) is 7.05. The molecule has 1 saturated heterocycles. The molecular formula is C20H21ClN4O3S. The molecule has 0 unspecified atom stereocenters. The summed E-state index contributed by atoms with van der Waals surface area (Å²) in [6.45, 7) is 4.21. The SMILES string of the molecule is CC1CCN(c2ccc(NC(=S)NC(=O)c3cccc([N+](=O)[O-])c3)cc2Cl)CC1.